The van der Waals surface area contributed by atoms with Gasteiger partial charge in [-0.2, -0.15) is 0 Å². The van der Waals surface area contributed by atoms with Crippen molar-refractivity contribution < 1.29 is 24.2 Å². The van der Waals surface area contributed by atoms with Crippen LogP contribution in [0.15, 0.2) is 24.3 Å². The molecule has 1 aromatic rings. The maximum Gasteiger partial charge on any atom is 0.331 e. The number of hydrogen-bond acceptors (Lipinski definition) is 5. The zero-order chi connectivity index (χ0) is 20.4. The van der Waals surface area contributed by atoms with Crippen molar-refractivity contribution >= 4 is 23.5 Å². The van der Waals surface area contributed by atoms with Crippen LogP contribution in [0.25, 0.3) is 0 Å². The van der Waals surface area contributed by atoms with Crippen LogP contribution in [0.1, 0.15) is 44.1 Å². The molecule has 2 rings (SSSR count). The summed E-state index contributed by atoms with van der Waals surface area (Å²) in [6.45, 7) is 1.13. The van der Waals surface area contributed by atoms with Crippen LogP contribution in [-0.2, 0) is 25.5 Å². The van der Waals surface area contributed by atoms with Crippen molar-refractivity contribution in [3.05, 3.63) is 34.9 Å². The molecule has 156 valence electrons. The van der Waals surface area contributed by atoms with E-state index in [1.165, 1.54) is 7.11 Å². The zero-order valence-electron chi connectivity index (χ0n) is 16.4. The number of aliphatic hydroxyl groups excluding tert-OH is 1. The molecule has 0 aromatic heterocycles. The number of methoxy groups -OCH3 is 1. The van der Waals surface area contributed by atoms with Crippen LogP contribution in [0, 0.1) is 0 Å². The van der Waals surface area contributed by atoms with Crippen LogP contribution in [0.5, 0.6) is 0 Å². The lowest BCUT2D eigenvalue weighted by atomic mass is 10.0. The molecule has 0 bridgehead atoms. The molecule has 1 aliphatic heterocycles. The smallest absolute Gasteiger partial charge is 0.331 e. The molecule has 28 heavy (non-hydrogen) atoms. The number of halogens is 1. The number of hydrogen-bond donors (Lipinski definition) is 1. The molecule has 1 N–H and O–H groups in total. The van der Waals surface area contributed by atoms with Crippen molar-refractivity contribution in [2.75, 3.05) is 26.9 Å². The first kappa shape index (κ1) is 22.7. The molecule has 0 aliphatic carbocycles. The van der Waals surface area contributed by atoms with Gasteiger partial charge >= 0.3 is 5.97 Å². The van der Waals surface area contributed by atoms with Crippen LogP contribution in [0.4, 0.5) is 0 Å². The van der Waals surface area contributed by atoms with Crippen molar-refractivity contribution in [1.82, 2.24) is 4.90 Å². The number of rotatable bonds is 12. The molecule has 6 nitrogen and oxygen atoms in total. The number of ether oxygens (including phenoxy) is 2. The number of aliphatic hydroxyl groups is 1. The molecule has 0 spiro atoms. The SMILES string of the molecule is COC(=O)COCCCCN1C(=O)CC[C@H]1CCC(O)Cc1cccc(Cl)c1. The van der Waals surface area contributed by atoms with Crippen LogP contribution in [-0.4, -0.2) is 60.9 Å². The summed E-state index contributed by atoms with van der Waals surface area (Å²) in [5.41, 5.74) is 1.02. The minimum absolute atomic E-state index is 0.0354. The van der Waals surface area contributed by atoms with E-state index < -0.39 is 6.10 Å². The van der Waals surface area contributed by atoms with Gasteiger partial charge in [-0.05, 0) is 56.2 Å². The predicted octanol–water partition coefficient (Wildman–Crippen LogP) is 2.98. The Morgan fingerprint density at radius 2 is 2.21 bits per heavy atom. The lowest BCUT2D eigenvalue weighted by Crippen LogP contribution is -2.34. The van der Waals surface area contributed by atoms with Crippen LogP contribution >= 0.6 is 11.6 Å². The van der Waals surface area contributed by atoms with E-state index in [0.717, 1.165) is 31.2 Å². The molecule has 1 saturated heterocycles. The first-order chi connectivity index (χ1) is 13.5. The normalized spacial score (nSPS) is 17.8. The Labute approximate surface area is 171 Å². The summed E-state index contributed by atoms with van der Waals surface area (Å²) in [4.78, 5) is 25.1. The van der Waals surface area contributed by atoms with Crippen molar-refractivity contribution in [2.45, 2.75) is 57.1 Å². The summed E-state index contributed by atoms with van der Waals surface area (Å²) in [6.07, 6.45) is 4.62. The molecule has 7 heteroatoms. The van der Waals surface area contributed by atoms with Crippen LogP contribution < -0.4 is 0 Å². The predicted molar refractivity (Wildman–Crippen MR) is 107 cm³/mol. The van der Waals surface area contributed by atoms with E-state index in [9.17, 15) is 14.7 Å². The second-order valence-electron chi connectivity index (χ2n) is 7.18. The Hall–Kier alpha value is -1.63. The summed E-state index contributed by atoms with van der Waals surface area (Å²) < 4.78 is 9.74. The number of benzene rings is 1. The van der Waals surface area contributed by atoms with Gasteiger partial charge in [0.25, 0.3) is 0 Å². The summed E-state index contributed by atoms with van der Waals surface area (Å²) in [7, 11) is 1.33. The Kier molecular flexibility index (Phi) is 9.75. The van der Waals surface area contributed by atoms with Gasteiger partial charge in [0.2, 0.25) is 5.91 Å². The maximum atomic E-state index is 12.2. The fourth-order valence-electron chi connectivity index (χ4n) is 3.52. The highest BCUT2D eigenvalue weighted by Crippen LogP contribution is 2.24. The number of unbranched alkanes of at least 4 members (excludes halogenated alkanes) is 1. The lowest BCUT2D eigenvalue weighted by Gasteiger charge is -2.25. The summed E-state index contributed by atoms with van der Waals surface area (Å²) >= 11 is 5.99. The molecule has 1 aromatic carbocycles. The van der Waals surface area contributed by atoms with Crippen molar-refractivity contribution in [1.29, 1.82) is 0 Å². The fraction of sp³-hybridized carbons (Fsp3) is 0.619. The highest BCUT2D eigenvalue weighted by atomic mass is 35.5. The van der Waals surface area contributed by atoms with Crippen molar-refractivity contribution in [2.24, 2.45) is 0 Å². The number of carbonyl (C=O) groups is 2. The monoisotopic (exact) mass is 411 g/mol. The quantitative estimate of drug-likeness (QED) is 0.422. The highest BCUT2D eigenvalue weighted by molar-refractivity contribution is 6.30. The molecule has 0 saturated carbocycles. The Balaban J connectivity index is 1.67. The number of amides is 1. The van der Waals surface area contributed by atoms with E-state index >= 15 is 0 Å². The molecule has 1 aliphatic rings. The van der Waals surface area contributed by atoms with Gasteiger partial charge in [-0.15, -0.1) is 0 Å². The van der Waals surface area contributed by atoms with E-state index in [1.807, 2.05) is 29.2 Å². The molecule has 1 amide bonds. The number of nitrogens with zero attached hydrogens (tertiary/aromatic N) is 1. The van der Waals surface area contributed by atoms with Crippen LogP contribution in [0.3, 0.4) is 0 Å². The van der Waals surface area contributed by atoms with E-state index in [1.54, 1.807) is 0 Å². The van der Waals surface area contributed by atoms with Gasteiger partial charge in [-0.3, -0.25) is 4.79 Å². The zero-order valence-corrected chi connectivity index (χ0v) is 17.2. The topological polar surface area (TPSA) is 76.1 Å². The molecule has 1 unspecified atom stereocenters. The molecule has 1 heterocycles. The average molecular weight is 412 g/mol. The van der Waals surface area contributed by atoms with Crippen molar-refractivity contribution in [3.63, 3.8) is 0 Å². The second-order valence-corrected chi connectivity index (χ2v) is 7.62. The van der Waals surface area contributed by atoms with E-state index in [0.29, 0.717) is 37.4 Å². The van der Waals surface area contributed by atoms with Gasteiger partial charge in [0.15, 0.2) is 0 Å². The van der Waals surface area contributed by atoms with Gasteiger partial charge in [0.1, 0.15) is 6.61 Å². The number of likely N-dealkylation sites (tertiary alicyclic amines) is 1. The number of carbonyl (C=O) groups excluding carboxylic acids is 2. The first-order valence-electron chi connectivity index (χ1n) is 9.86. The molecular weight excluding hydrogens is 382 g/mol. The average Bonchev–Trinajstić information content (AvgIpc) is 3.02. The van der Waals surface area contributed by atoms with E-state index in [4.69, 9.17) is 16.3 Å². The largest absolute Gasteiger partial charge is 0.467 e. The molecular formula is C21H30ClNO5. The number of esters is 1. The molecule has 1 fully saturated rings. The van der Waals surface area contributed by atoms with Gasteiger partial charge in [0, 0.05) is 30.6 Å². The third kappa shape index (κ3) is 7.78. The Bertz CT molecular complexity index is 639. The standard InChI is InChI=1S/C21H30ClNO5/c1-27-21(26)15-28-12-3-2-11-23-18(8-10-20(23)25)7-9-19(24)14-16-5-4-6-17(22)13-16/h4-6,13,18-19,24H,2-3,7-12,14-15H2,1H3/t18-,19?/m1/s1. The highest BCUT2D eigenvalue weighted by Gasteiger charge is 2.30. The van der Waals surface area contributed by atoms with E-state index in [-0.39, 0.29) is 24.5 Å². The minimum Gasteiger partial charge on any atom is -0.467 e. The minimum atomic E-state index is -0.442. The van der Waals surface area contributed by atoms with Gasteiger partial charge in [-0.25, -0.2) is 4.79 Å². The summed E-state index contributed by atoms with van der Waals surface area (Å²) in [6, 6.07) is 7.73. The van der Waals surface area contributed by atoms with Crippen LogP contribution in [0.2, 0.25) is 5.02 Å². The van der Waals surface area contributed by atoms with Gasteiger partial charge in [0.05, 0.1) is 13.2 Å². The Morgan fingerprint density at radius 3 is 2.96 bits per heavy atom. The lowest BCUT2D eigenvalue weighted by molar-refractivity contribution is -0.145. The summed E-state index contributed by atoms with van der Waals surface area (Å²) in [5, 5.41) is 11.0. The van der Waals surface area contributed by atoms with Gasteiger partial charge < -0.3 is 19.5 Å². The Morgan fingerprint density at radius 1 is 1.39 bits per heavy atom. The molecule has 2 atom stereocenters. The van der Waals surface area contributed by atoms with Gasteiger partial charge in [-0.1, -0.05) is 23.7 Å². The van der Waals surface area contributed by atoms with E-state index in [2.05, 4.69) is 4.74 Å². The fourth-order valence-corrected chi connectivity index (χ4v) is 3.74. The van der Waals surface area contributed by atoms with Crippen molar-refractivity contribution in [3.8, 4) is 0 Å². The maximum absolute atomic E-state index is 12.2. The second kappa shape index (κ2) is 12.0. The first-order valence-corrected chi connectivity index (χ1v) is 10.2. The molecule has 0 radical (unpaired) electrons. The third-order valence-electron chi connectivity index (χ3n) is 5.03. The summed E-state index contributed by atoms with van der Waals surface area (Å²) in [5.74, 6) is -0.198. The third-order valence-corrected chi connectivity index (χ3v) is 5.27.